The Morgan fingerprint density at radius 2 is 1.77 bits per heavy atom. The third-order valence-corrected chi connectivity index (χ3v) is 5.82. The van der Waals surface area contributed by atoms with Crippen molar-refractivity contribution in [2.45, 2.75) is 65.8 Å². The highest BCUT2D eigenvalue weighted by atomic mass is 16.2. The molecule has 0 saturated heterocycles. The Morgan fingerprint density at radius 3 is 2.43 bits per heavy atom. The maximum absolute atomic E-state index is 12.6. The number of anilines is 1. The third-order valence-electron chi connectivity index (χ3n) is 5.82. The van der Waals surface area contributed by atoms with E-state index in [4.69, 9.17) is 0 Å². The average molecular weight is 417 g/mol. The molecule has 2 N–H and O–H groups in total. The minimum absolute atomic E-state index is 0.00703. The van der Waals surface area contributed by atoms with Crippen LogP contribution in [0.3, 0.4) is 0 Å². The van der Waals surface area contributed by atoms with Crippen LogP contribution in [0.2, 0.25) is 0 Å². The molecule has 1 aromatic carbocycles. The van der Waals surface area contributed by atoms with Gasteiger partial charge in [-0.3, -0.25) is 14.5 Å². The highest BCUT2D eigenvalue weighted by molar-refractivity contribution is 5.93. The number of benzene rings is 1. The zero-order valence-corrected chi connectivity index (χ0v) is 19.3. The number of hydrogen-bond donors (Lipinski definition) is 2. The Labute approximate surface area is 182 Å². The van der Waals surface area contributed by atoms with Gasteiger partial charge in [0.2, 0.25) is 11.8 Å². The van der Waals surface area contributed by atoms with Crippen molar-refractivity contribution < 1.29 is 9.59 Å². The predicted molar refractivity (Wildman–Crippen MR) is 124 cm³/mol. The maximum atomic E-state index is 12.6. The van der Waals surface area contributed by atoms with Gasteiger partial charge in [0.05, 0.1) is 6.54 Å². The summed E-state index contributed by atoms with van der Waals surface area (Å²) in [7, 11) is 0. The lowest BCUT2D eigenvalue weighted by Gasteiger charge is -2.21. The fourth-order valence-electron chi connectivity index (χ4n) is 3.64. The predicted octanol–water partition coefficient (Wildman–Crippen LogP) is 3.33. The fourth-order valence-corrected chi connectivity index (χ4v) is 3.64. The first-order valence-electron chi connectivity index (χ1n) is 11.5. The van der Waals surface area contributed by atoms with Gasteiger partial charge in [0.25, 0.3) is 0 Å². The summed E-state index contributed by atoms with van der Waals surface area (Å²) < 4.78 is 0. The molecule has 1 aromatic rings. The smallest absolute Gasteiger partial charge is 0.238 e. The second-order valence-corrected chi connectivity index (χ2v) is 8.40. The molecule has 0 aliphatic heterocycles. The number of carbonyl (C=O) groups excluding carboxylic acids is 2. The minimum Gasteiger partial charge on any atom is -0.356 e. The first-order chi connectivity index (χ1) is 14.4. The highest BCUT2D eigenvalue weighted by Gasteiger charge is 2.30. The maximum Gasteiger partial charge on any atom is 0.238 e. The standard InChI is InChI=1S/C24H40N4O2/c1-5-27(6-2)15-8-7-14-25-23(29)13-16-28(21-11-12-21)18-24(30)26-22-17-19(3)9-10-20(22)4/h9-10,17,21H,5-8,11-16,18H2,1-4H3,(H,25,29)(H,26,30). The molecule has 2 rings (SSSR count). The van der Waals surface area contributed by atoms with Gasteiger partial charge in [0, 0.05) is 31.2 Å². The summed E-state index contributed by atoms with van der Waals surface area (Å²) in [5, 5.41) is 6.06. The van der Waals surface area contributed by atoms with Crippen LogP contribution in [-0.2, 0) is 9.59 Å². The molecule has 1 aliphatic carbocycles. The zero-order valence-electron chi connectivity index (χ0n) is 19.3. The van der Waals surface area contributed by atoms with Gasteiger partial charge in [-0.15, -0.1) is 0 Å². The van der Waals surface area contributed by atoms with Gasteiger partial charge in [-0.25, -0.2) is 0 Å². The summed E-state index contributed by atoms with van der Waals surface area (Å²) in [6.45, 7) is 13.3. The Hall–Kier alpha value is -1.92. The van der Waals surface area contributed by atoms with Gasteiger partial charge in [-0.1, -0.05) is 26.0 Å². The second-order valence-electron chi connectivity index (χ2n) is 8.40. The quantitative estimate of drug-likeness (QED) is 0.457. The molecule has 0 heterocycles. The van der Waals surface area contributed by atoms with E-state index in [0.717, 1.165) is 68.7 Å². The van der Waals surface area contributed by atoms with Gasteiger partial charge < -0.3 is 15.5 Å². The summed E-state index contributed by atoms with van der Waals surface area (Å²) in [6.07, 6.45) is 4.79. The Morgan fingerprint density at radius 1 is 1.03 bits per heavy atom. The Balaban J connectivity index is 1.68. The van der Waals surface area contributed by atoms with Gasteiger partial charge in [0.1, 0.15) is 0 Å². The van der Waals surface area contributed by atoms with E-state index in [1.54, 1.807) is 0 Å². The molecule has 0 atom stereocenters. The van der Waals surface area contributed by atoms with Crippen LogP contribution in [0.5, 0.6) is 0 Å². The van der Waals surface area contributed by atoms with Crippen LogP contribution < -0.4 is 10.6 Å². The average Bonchev–Trinajstić information content (AvgIpc) is 3.56. The van der Waals surface area contributed by atoms with E-state index in [-0.39, 0.29) is 11.8 Å². The summed E-state index contributed by atoms with van der Waals surface area (Å²) in [5.41, 5.74) is 3.06. The summed E-state index contributed by atoms with van der Waals surface area (Å²) in [4.78, 5) is 29.3. The van der Waals surface area contributed by atoms with E-state index in [1.165, 1.54) is 0 Å². The van der Waals surface area contributed by atoms with Gasteiger partial charge in [-0.2, -0.15) is 0 Å². The van der Waals surface area contributed by atoms with Crippen LogP contribution in [0, 0.1) is 13.8 Å². The van der Waals surface area contributed by atoms with Gasteiger partial charge >= 0.3 is 0 Å². The molecule has 0 spiro atoms. The van der Waals surface area contributed by atoms with Crippen LogP contribution in [0.15, 0.2) is 18.2 Å². The third kappa shape index (κ3) is 8.84. The molecule has 6 heteroatoms. The van der Waals surface area contributed by atoms with E-state index in [1.807, 2.05) is 32.0 Å². The number of nitrogens with one attached hydrogen (secondary N) is 2. The van der Waals surface area contributed by atoms with Crippen molar-refractivity contribution in [3.05, 3.63) is 29.3 Å². The lowest BCUT2D eigenvalue weighted by molar-refractivity contribution is -0.122. The Kier molecular flexibility index (Phi) is 10.3. The molecular weight excluding hydrogens is 376 g/mol. The summed E-state index contributed by atoms with van der Waals surface area (Å²) in [6, 6.07) is 6.51. The summed E-state index contributed by atoms with van der Waals surface area (Å²) in [5.74, 6) is 0.0748. The van der Waals surface area contributed by atoms with E-state index in [9.17, 15) is 9.59 Å². The second kappa shape index (κ2) is 12.7. The van der Waals surface area contributed by atoms with Crippen molar-refractivity contribution in [3.63, 3.8) is 0 Å². The fraction of sp³-hybridized carbons (Fsp3) is 0.667. The van der Waals surface area contributed by atoms with Crippen LogP contribution in [-0.4, -0.2) is 66.9 Å². The molecule has 0 unspecified atom stereocenters. The SMILES string of the molecule is CCN(CC)CCCCNC(=O)CCN(CC(=O)Nc1cc(C)ccc1C)C1CC1. The number of unbranched alkanes of at least 4 members (excludes halogenated alkanes) is 1. The first-order valence-corrected chi connectivity index (χ1v) is 11.5. The zero-order chi connectivity index (χ0) is 21.9. The molecular formula is C24H40N4O2. The summed E-state index contributed by atoms with van der Waals surface area (Å²) >= 11 is 0. The normalized spacial score (nSPS) is 13.7. The van der Waals surface area contributed by atoms with Crippen molar-refractivity contribution in [3.8, 4) is 0 Å². The lowest BCUT2D eigenvalue weighted by atomic mass is 10.1. The van der Waals surface area contributed by atoms with Crippen molar-refractivity contribution in [1.29, 1.82) is 0 Å². The largest absolute Gasteiger partial charge is 0.356 e. The van der Waals surface area contributed by atoms with Gasteiger partial charge in [0.15, 0.2) is 0 Å². The molecule has 0 aromatic heterocycles. The van der Waals surface area contributed by atoms with Crippen LogP contribution >= 0.6 is 0 Å². The molecule has 1 fully saturated rings. The number of rotatable bonds is 14. The van der Waals surface area contributed by atoms with Crippen molar-refractivity contribution >= 4 is 17.5 Å². The first kappa shape index (κ1) is 24.4. The van der Waals surface area contributed by atoms with E-state index < -0.39 is 0 Å². The molecule has 0 radical (unpaired) electrons. The lowest BCUT2D eigenvalue weighted by Crippen LogP contribution is -2.38. The monoisotopic (exact) mass is 416 g/mol. The number of aryl methyl sites for hydroxylation is 2. The number of nitrogens with zero attached hydrogens (tertiary/aromatic N) is 2. The molecule has 0 bridgehead atoms. The highest BCUT2D eigenvalue weighted by Crippen LogP contribution is 2.27. The molecule has 6 nitrogen and oxygen atoms in total. The Bertz CT molecular complexity index is 684. The van der Waals surface area contributed by atoms with Crippen molar-refractivity contribution in [2.75, 3.05) is 44.6 Å². The molecule has 2 amide bonds. The van der Waals surface area contributed by atoms with Gasteiger partial charge in [-0.05, 0) is 76.4 Å². The van der Waals surface area contributed by atoms with E-state index in [2.05, 4.69) is 34.3 Å². The number of hydrogen-bond acceptors (Lipinski definition) is 4. The number of carbonyl (C=O) groups is 2. The van der Waals surface area contributed by atoms with Crippen LogP contribution in [0.1, 0.15) is 57.1 Å². The van der Waals surface area contributed by atoms with Crippen LogP contribution in [0.4, 0.5) is 5.69 Å². The van der Waals surface area contributed by atoms with Crippen molar-refractivity contribution in [1.82, 2.24) is 15.1 Å². The molecule has 168 valence electrons. The molecule has 30 heavy (non-hydrogen) atoms. The minimum atomic E-state index is -0.00703. The molecule has 1 aliphatic rings. The topological polar surface area (TPSA) is 64.7 Å². The van der Waals surface area contributed by atoms with E-state index in [0.29, 0.717) is 25.6 Å². The van der Waals surface area contributed by atoms with Crippen LogP contribution in [0.25, 0.3) is 0 Å². The number of amides is 2. The van der Waals surface area contributed by atoms with Crippen molar-refractivity contribution in [2.24, 2.45) is 0 Å². The van der Waals surface area contributed by atoms with E-state index >= 15 is 0 Å². The molecule has 1 saturated carbocycles.